The number of nitrogens with one attached hydrogen (secondary N) is 3. The minimum atomic E-state index is 0.0273. The summed E-state index contributed by atoms with van der Waals surface area (Å²) in [5, 5.41) is 6.10. The minimum Gasteiger partial charge on any atom is -0.362 e. The Morgan fingerprint density at radius 1 is 1.10 bits per heavy atom. The lowest BCUT2D eigenvalue weighted by Crippen LogP contribution is -2.63. The average Bonchev–Trinajstić information content (AvgIpc) is 3.51. The van der Waals surface area contributed by atoms with Crippen LogP contribution >= 0.6 is 11.3 Å². The Kier molecular flexibility index (Phi) is 4.37. The zero-order valence-electron chi connectivity index (χ0n) is 16.6. The number of rotatable bonds is 3. The molecule has 152 valence electrons. The molecule has 2 fully saturated rings. The van der Waals surface area contributed by atoms with Gasteiger partial charge in [-0.2, -0.15) is 0 Å². The number of aliphatic imine (C=N–C) groups is 1. The summed E-state index contributed by atoms with van der Waals surface area (Å²) in [7, 11) is 0. The summed E-state index contributed by atoms with van der Waals surface area (Å²) < 4.78 is 0. The van der Waals surface area contributed by atoms with E-state index in [0.717, 1.165) is 52.1 Å². The molecular weight excluding hydrogens is 380 g/mol. The molecule has 29 heavy (non-hydrogen) atoms. The predicted molar refractivity (Wildman–Crippen MR) is 118 cm³/mol. The molecule has 1 spiro atoms. The number of fused-ring (bicyclic) bond motifs is 4. The van der Waals surface area contributed by atoms with Gasteiger partial charge in [0.05, 0.1) is 12.6 Å². The molecule has 4 aliphatic heterocycles. The topological polar surface area (TPSA) is 54.9 Å². The van der Waals surface area contributed by atoms with Gasteiger partial charge in [-0.15, -0.1) is 11.3 Å². The van der Waals surface area contributed by atoms with Gasteiger partial charge in [0.2, 0.25) is 0 Å². The molecule has 6 rings (SSSR count). The fraction of sp³-hybridized carbons (Fsp3) is 0.500. The van der Waals surface area contributed by atoms with Gasteiger partial charge in [0.15, 0.2) is 0 Å². The van der Waals surface area contributed by atoms with Crippen LogP contribution in [0.15, 0.2) is 46.8 Å². The molecule has 2 unspecified atom stereocenters. The van der Waals surface area contributed by atoms with Crippen molar-refractivity contribution < 1.29 is 0 Å². The molecule has 2 atom stereocenters. The number of amidine groups is 1. The molecule has 5 heterocycles. The molecule has 1 aromatic heterocycles. The van der Waals surface area contributed by atoms with E-state index in [4.69, 9.17) is 4.99 Å². The second-order valence-electron chi connectivity index (χ2n) is 8.64. The first-order chi connectivity index (χ1) is 14.3. The molecule has 1 aromatic carbocycles. The van der Waals surface area contributed by atoms with Crippen LogP contribution in [-0.2, 0) is 0 Å². The monoisotopic (exact) mass is 408 g/mol. The highest BCUT2D eigenvalue weighted by Crippen LogP contribution is 2.40. The number of hydrogen-bond acceptors (Lipinski definition) is 7. The van der Waals surface area contributed by atoms with Gasteiger partial charge in [-0.1, -0.05) is 18.2 Å². The molecule has 4 aliphatic rings. The van der Waals surface area contributed by atoms with Gasteiger partial charge < -0.3 is 15.1 Å². The molecule has 2 saturated heterocycles. The van der Waals surface area contributed by atoms with Crippen molar-refractivity contribution in [1.29, 1.82) is 0 Å². The van der Waals surface area contributed by atoms with Crippen LogP contribution in [0.25, 0.3) is 0 Å². The Bertz CT molecular complexity index is 902. The van der Waals surface area contributed by atoms with Crippen molar-refractivity contribution >= 4 is 22.9 Å². The highest BCUT2D eigenvalue weighted by molar-refractivity contribution is 7.10. The first kappa shape index (κ1) is 17.9. The van der Waals surface area contributed by atoms with Gasteiger partial charge in [-0.05, 0) is 23.6 Å². The van der Waals surface area contributed by atoms with Crippen LogP contribution in [0.5, 0.6) is 0 Å². The highest BCUT2D eigenvalue weighted by atomic mass is 32.1. The number of thiophene rings is 1. The van der Waals surface area contributed by atoms with Crippen molar-refractivity contribution in [2.45, 2.75) is 24.5 Å². The number of nitrogens with zero attached hydrogens (tertiary/aromatic N) is 3. The van der Waals surface area contributed by atoms with Crippen molar-refractivity contribution in [3.63, 3.8) is 0 Å². The molecule has 2 aromatic rings. The Balaban J connectivity index is 1.16. The van der Waals surface area contributed by atoms with Crippen LogP contribution in [0.4, 0.5) is 5.69 Å². The number of benzene rings is 1. The molecule has 7 heteroatoms. The number of likely N-dealkylation sites (tertiary alicyclic amines) is 1. The third-order valence-corrected chi connectivity index (χ3v) is 7.97. The van der Waals surface area contributed by atoms with Crippen molar-refractivity contribution in [3.8, 4) is 0 Å². The summed E-state index contributed by atoms with van der Waals surface area (Å²) in [5.74, 6) is 1.82. The number of hydrazine groups is 1. The maximum atomic E-state index is 4.86. The zero-order chi connectivity index (χ0) is 19.3. The lowest BCUT2D eigenvalue weighted by molar-refractivity contribution is 0.0836. The first-order valence-corrected chi connectivity index (χ1v) is 11.6. The van der Waals surface area contributed by atoms with Crippen LogP contribution in [0.3, 0.4) is 0 Å². The summed E-state index contributed by atoms with van der Waals surface area (Å²) in [5.41, 5.74) is 9.43. The molecule has 0 saturated carbocycles. The van der Waals surface area contributed by atoms with Crippen molar-refractivity contribution in [3.05, 3.63) is 52.2 Å². The van der Waals surface area contributed by atoms with Gasteiger partial charge in [-0.25, -0.2) is 5.43 Å². The number of anilines is 1. The number of para-hydroxylation sites is 1. The fourth-order valence-corrected chi connectivity index (χ4v) is 6.38. The van der Waals surface area contributed by atoms with Crippen molar-refractivity contribution in [1.82, 2.24) is 20.7 Å². The molecule has 0 amide bonds. The van der Waals surface area contributed by atoms with Crippen LogP contribution in [0.1, 0.15) is 29.3 Å². The minimum absolute atomic E-state index is 0.0273. The maximum Gasteiger partial charge on any atom is 0.134 e. The quantitative estimate of drug-likeness (QED) is 0.729. The SMILES string of the molecule is c1csc(C2NNCC2CN2CCC3(CC2)Nc2ccccc2C2=NCCN23)c1. The third-order valence-electron chi connectivity index (χ3n) is 7.01. The van der Waals surface area contributed by atoms with Gasteiger partial charge in [-0.3, -0.25) is 10.4 Å². The van der Waals surface area contributed by atoms with E-state index < -0.39 is 0 Å². The van der Waals surface area contributed by atoms with Gasteiger partial charge in [0.1, 0.15) is 11.5 Å². The lowest BCUT2D eigenvalue weighted by Gasteiger charge is -2.52. The van der Waals surface area contributed by atoms with E-state index in [1.165, 1.54) is 22.0 Å². The van der Waals surface area contributed by atoms with Crippen LogP contribution in [-0.4, -0.2) is 60.6 Å². The van der Waals surface area contributed by atoms with E-state index in [1.54, 1.807) is 0 Å². The van der Waals surface area contributed by atoms with Gasteiger partial charge in [0, 0.05) is 67.6 Å². The predicted octanol–water partition coefficient (Wildman–Crippen LogP) is 2.49. The van der Waals surface area contributed by atoms with E-state index in [2.05, 4.69) is 67.7 Å². The van der Waals surface area contributed by atoms with E-state index in [1.807, 2.05) is 11.3 Å². The van der Waals surface area contributed by atoms with Crippen LogP contribution in [0.2, 0.25) is 0 Å². The second kappa shape index (κ2) is 7.09. The summed E-state index contributed by atoms with van der Waals surface area (Å²) in [6.07, 6.45) is 2.27. The first-order valence-electron chi connectivity index (χ1n) is 10.8. The van der Waals surface area contributed by atoms with Crippen LogP contribution in [0, 0.1) is 5.92 Å². The summed E-state index contributed by atoms with van der Waals surface area (Å²) >= 11 is 1.86. The van der Waals surface area contributed by atoms with Crippen molar-refractivity contribution in [2.75, 3.05) is 44.6 Å². The van der Waals surface area contributed by atoms with Crippen LogP contribution < -0.4 is 16.2 Å². The number of piperidine rings is 1. The Labute approximate surface area is 176 Å². The molecule has 3 N–H and O–H groups in total. The highest BCUT2D eigenvalue weighted by Gasteiger charge is 2.46. The average molecular weight is 409 g/mol. The van der Waals surface area contributed by atoms with Gasteiger partial charge >= 0.3 is 0 Å². The normalized spacial score (nSPS) is 28.1. The molecular formula is C22H28N6S. The molecule has 0 aliphatic carbocycles. The molecule has 6 nitrogen and oxygen atoms in total. The largest absolute Gasteiger partial charge is 0.362 e. The van der Waals surface area contributed by atoms with E-state index in [-0.39, 0.29) is 5.66 Å². The van der Waals surface area contributed by atoms with E-state index >= 15 is 0 Å². The Morgan fingerprint density at radius 3 is 2.86 bits per heavy atom. The Morgan fingerprint density at radius 2 is 2.00 bits per heavy atom. The molecule has 0 bridgehead atoms. The smallest absolute Gasteiger partial charge is 0.134 e. The van der Waals surface area contributed by atoms with E-state index in [9.17, 15) is 0 Å². The number of hydrogen-bond donors (Lipinski definition) is 3. The van der Waals surface area contributed by atoms with E-state index in [0.29, 0.717) is 12.0 Å². The summed E-state index contributed by atoms with van der Waals surface area (Å²) in [6, 6.07) is 13.5. The third kappa shape index (κ3) is 2.99. The van der Waals surface area contributed by atoms with Gasteiger partial charge in [0.25, 0.3) is 0 Å². The fourth-order valence-electron chi connectivity index (χ4n) is 5.51. The zero-order valence-corrected chi connectivity index (χ0v) is 17.4. The standard InChI is InChI=1S/C22H28N6S/c1-2-5-18-17(4-1)21-23-9-12-28(21)22(25-18)7-10-27(11-8-22)15-16-14-24-26-20(16)19-6-3-13-29-19/h1-6,13,16,20,24-26H,7-12,14-15H2. The summed E-state index contributed by atoms with van der Waals surface area (Å²) in [4.78, 5) is 11.5. The lowest BCUT2D eigenvalue weighted by atomic mass is 9.89. The molecule has 0 radical (unpaired) electrons. The maximum absolute atomic E-state index is 4.86. The second-order valence-corrected chi connectivity index (χ2v) is 9.62. The van der Waals surface area contributed by atoms with Crippen molar-refractivity contribution in [2.24, 2.45) is 10.9 Å². The summed E-state index contributed by atoms with van der Waals surface area (Å²) in [6.45, 7) is 6.40. The Hall–Kier alpha value is -1.93.